The number of amides is 2. The molecule has 2 aromatic carbocycles. The topological polar surface area (TPSA) is 123 Å². The molecule has 0 saturated heterocycles. The van der Waals surface area contributed by atoms with Crippen LogP contribution in [-0.2, 0) is 9.59 Å². The smallest absolute Gasteiger partial charge is 0.296 e. The van der Waals surface area contributed by atoms with Gasteiger partial charge in [0.05, 0.1) is 35.4 Å². The first-order valence-corrected chi connectivity index (χ1v) is 8.35. The van der Waals surface area contributed by atoms with Crippen molar-refractivity contribution in [2.24, 2.45) is 0 Å². The number of nitro groups is 1. The van der Waals surface area contributed by atoms with Crippen molar-refractivity contribution < 1.29 is 19.2 Å². The zero-order valence-electron chi connectivity index (χ0n) is 14.5. The summed E-state index contributed by atoms with van der Waals surface area (Å²) in [5.74, 6) is -0.522. The molecule has 1 aliphatic heterocycles. The van der Waals surface area contributed by atoms with Gasteiger partial charge in [-0.05, 0) is 31.2 Å². The number of carbonyl (C=O) groups excluding carboxylic acids is 2. The van der Waals surface area contributed by atoms with Crippen molar-refractivity contribution in [1.82, 2.24) is 0 Å². The van der Waals surface area contributed by atoms with Crippen LogP contribution in [0.5, 0.6) is 5.75 Å². The van der Waals surface area contributed by atoms with E-state index >= 15 is 0 Å². The third-order valence-corrected chi connectivity index (χ3v) is 3.97. The van der Waals surface area contributed by atoms with E-state index in [1.165, 1.54) is 18.2 Å². The van der Waals surface area contributed by atoms with E-state index in [9.17, 15) is 19.7 Å². The highest BCUT2D eigenvalue weighted by molar-refractivity contribution is 6.06. The molecule has 1 heterocycles. The molecule has 3 N–H and O–H groups in total. The number of hydrogen-bond donors (Lipinski definition) is 3. The third kappa shape index (κ3) is 4.14. The maximum absolute atomic E-state index is 12.3. The van der Waals surface area contributed by atoms with Gasteiger partial charge in [-0.1, -0.05) is 12.1 Å². The van der Waals surface area contributed by atoms with E-state index in [1.54, 1.807) is 25.1 Å². The van der Waals surface area contributed by atoms with Gasteiger partial charge in [0.25, 0.3) is 5.69 Å². The Morgan fingerprint density at radius 2 is 2.00 bits per heavy atom. The summed E-state index contributed by atoms with van der Waals surface area (Å²) in [7, 11) is 0. The standard InChI is InChI=1S/C18H18N4O5/c1-2-27-11-7-8-14(16(9-11)22(25)26)20-17(23)10-15-18(24)21-13-6-4-3-5-12(13)19-15/h3-9,15,19H,2,10H2,1H3,(H,20,23)(H,21,24)/t15-/m1/s1. The summed E-state index contributed by atoms with van der Waals surface area (Å²) in [6.45, 7) is 2.13. The second-order valence-electron chi connectivity index (χ2n) is 5.85. The van der Waals surface area contributed by atoms with E-state index < -0.39 is 16.9 Å². The molecule has 1 aliphatic rings. The van der Waals surface area contributed by atoms with Gasteiger partial charge in [0.15, 0.2) is 0 Å². The maximum atomic E-state index is 12.3. The zero-order chi connectivity index (χ0) is 19.4. The molecule has 0 spiro atoms. The molecular weight excluding hydrogens is 352 g/mol. The van der Waals surface area contributed by atoms with Crippen molar-refractivity contribution in [1.29, 1.82) is 0 Å². The van der Waals surface area contributed by atoms with Crippen molar-refractivity contribution in [3.05, 3.63) is 52.6 Å². The number of rotatable bonds is 6. The summed E-state index contributed by atoms with van der Waals surface area (Å²) in [4.78, 5) is 35.2. The van der Waals surface area contributed by atoms with Crippen LogP contribution in [0.2, 0.25) is 0 Å². The SMILES string of the molecule is CCOc1ccc(NC(=O)C[C@H]2Nc3ccccc3NC2=O)c([N+](=O)[O-])c1. The molecule has 3 rings (SSSR count). The Hall–Kier alpha value is -3.62. The summed E-state index contributed by atoms with van der Waals surface area (Å²) in [5.41, 5.74) is 1.12. The number of hydrogen-bond acceptors (Lipinski definition) is 6. The molecule has 0 unspecified atom stereocenters. The molecule has 9 nitrogen and oxygen atoms in total. The number of nitrogens with zero attached hydrogens (tertiary/aromatic N) is 1. The Balaban J connectivity index is 1.71. The fourth-order valence-corrected chi connectivity index (χ4v) is 2.75. The van der Waals surface area contributed by atoms with Crippen LogP contribution in [0.4, 0.5) is 22.7 Å². The Bertz CT molecular complexity index is 899. The minimum Gasteiger partial charge on any atom is -0.494 e. The lowest BCUT2D eigenvalue weighted by Crippen LogP contribution is -2.41. The Labute approximate surface area is 154 Å². The minimum atomic E-state index is -0.776. The van der Waals surface area contributed by atoms with Crippen molar-refractivity contribution in [2.45, 2.75) is 19.4 Å². The van der Waals surface area contributed by atoms with Crippen LogP contribution < -0.4 is 20.7 Å². The highest BCUT2D eigenvalue weighted by Gasteiger charge is 2.28. The molecule has 0 bridgehead atoms. The first-order valence-electron chi connectivity index (χ1n) is 8.35. The summed E-state index contributed by atoms with van der Waals surface area (Å²) in [6, 6.07) is 10.6. The normalized spacial score (nSPS) is 15.1. The minimum absolute atomic E-state index is 0.0464. The first-order chi connectivity index (χ1) is 13.0. The highest BCUT2D eigenvalue weighted by Crippen LogP contribution is 2.30. The molecule has 0 aromatic heterocycles. The Kier molecular flexibility index (Phi) is 5.20. The van der Waals surface area contributed by atoms with Crippen LogP contribution in [0, 0.1) is 10.1 Å². The van der Waals surface area contributed by atoms with Gasteiger partial charge in [-0.25, -0.2) is 0 Å². The molecule has 2 aromatic rings. The van der Waals surface area contributed by atoms with Crippen LogP contribution >= 0.6 is 0 Å². The van der Waals surface area contributed by atoms with Crippen LogP contribution in [0.15, 0.2) is 42.5 Å². The van der Waals surface area contributed by atoms with E-state index in [2.05, 4.69) is 16.0 Å². The van der Waals surface area contributed by atoms with E-state index in [4.69, 9.17) is 4.74 Å². The summed E-state index contributed by atoms with van der Waals surface area (Å²) in [5, 5.41) is 19.5. The van der Waals surface area contributed by atoms with Crippen LogP contribution in [0.1, 0.15) is 13.3 Å². The third-order valence-electron chi connectivity index (χ3n) is 3.97. The van der Waals surface area contributed by atoms with Crippen LogP contribution in [-0.4, -0.2) is 29.4 Å². The monoisotopic (exact) mass is 370 g/mol. The average Bonchev–Trinajstić information content (AvgIpc) is 2.63. The molecule has 9 heteroatoms. The lowest BCUT2D eigenvalue weighted by Gasteiger charge is -2.26. The summed E-state index contributed by atoms with van der Waals surface area (Å²) < 4.78 is 5.25. The number of nitrogens with one attached hydrogen (secondary N) is 3. The zero-order valence-corrected chi connectivity index (χ0v) is 14.5. The predicted molar refractivity (Wildman–Crippen MR) is 100.0 cm³/mol. The van der Waals surface area contributed by atoms with Crippen LogP contribution in [0.25, 0.3) is 0 Å². The molecule has 0 radical (unpaired) electrons. The number of ether oxygens (including phenoxy) is 1. The van der Waals surface area contributed by atoms with Crippen molar-refractivity contribution >= 4 is 34.6 Å². The van der Waals surface area contributed by atoms with Gasteiger partial charge in [-0.15, -0.1) is 0 Å². The predicted octanol–water partition coefficient (Wildman–Crippen LogP) is 2.75. The highest BCUT2D eigenvalue weighted by atomic mass is 16.6. The lowest BCUT2D eigenvalue weighted by atomic mass is 10.1. The van der Waals surface area contributed by atoms with Crippen molar-refractivity contribution in [2.75, 3.05) is 22.6 Å². The second kappa shape index (κ2) is 7.73. The van der Waals surface area contributed by atoms with E-state index in [1.807, 2.05) is 6.07 Å². The molecule has 27 heavy (non-hydrogen) atoms. The van der Waals surface area contributed by atoms with Crippen molar-refractivity contribution in [3.63, 3.8) is 0 Å². The van der Waals surface area contributed by atoms with Crippen LogP contribution in [0.3, 0.4) is 0 Å². The average molecular weight is 370 g/mol. The number of nitro benzene ring substituents is 1. The van der Waals surface area contributed by atoms with E-state index in [0.29, 0.717) is 23.7 Å². The van der Waals surface area contributed by atoms with Gasteiger partial charge in [-0.2, -0.15) is 0 Å². The van der Waals surface area contributed by atoms with Gasteiger partial charge < -0.3 is 20.7 Å². The quantitative estimate of drug-likeness (QED) is 0.531. The van der Waals surface area contributed by atoms with E-state index in [-0.39, 0.29) is 23.7 Å². The van der Waals surface area contributed by atoms with Gasteiger partial charge in [0.1, 0.15) is 17.5 Å². The molecular formula is C18H18N4O5. The lowest BCUT2D eigenvalue weighted by molar-refractivity contribution is -0.384. The molecule has 140 valence electrons. The summed E-state index contributed by atoms with van der Waals surface area (Å²) in [6.07, 6.45) is -0.176. The first kappa shape index (κ1) is 18.2. The van der Waals surface area contributed by atoms with Gasteiger partial charge >= 0.3 is 0 Å². The molecule has 0 aliphatic carbocycles. The van der Waals surface area contributed by atoms with E-state index in [0.717, 1.165) is 0 Å². The number of para-hydroxylation sites is 2. The molecule has 2 amide bonds. The number of fused-ring (bicyclic) bond motifs is 1. The fraction of sp³-hybridized carbons (Fsp3) is 0.222. The summed E-state index contributed by atoms with van der Waals surface area (Å²) >= 11 is 0. The van der Waals surface area contributed by atoms with Gasteiger partial charge in [0.2, 0.25) is 11.8 Å². The molecule has 0 fully saturated rings. The Morgan fingerprint density at radius 3 is 2.70 bits per heavy atom. The second-order valence-corrected chi connectivity index (χ2v) is 5.85. The molecule has 1 atom stereocenters. The number of anilines is 3. The van der Waals surface area contributed by atoms with Crippen molar-refractivity contribution in [3.8, 4) is 5.75 Å². The Morgan fingerprint density at radius 1 is 1.26 bits per heavy atom. The number of benzene rings is 2. The molecule has 0 saturated carbocycles. The van der Waals surface area contributed by atoms with Gasteiger partial charge in [-0.3, -0.25) is 19.7 Å². The largest absolute Gasteiger partial charge is 0.494 e. The maximum Gasteiger partial charge on any atom is 0.296 e. The number of carbonyl (C=O) groups is 2. The van der Waals surface area contributed by atoms with Gasteiger partial charge in [0, 0.05) is 0 Å². The fourth-order valence-electron chi connectivity index (χ4n) is 2.75.